The van der Waals surface area contributed by atoms with Gasteiger partial charge in [0.15, 0.2) is 5.75 Å². The summed E-state index contributed by atoms with van der Waals surface area (Å²) in [6, 6.07) is 8.88. The number of carbonyl (C=O) groups is 1. The summed E-state index contributed by atoms with van der Waals surface area (Å²) >= 11 is 1.52. The molecule has 0 saturated carbocycles. The van der Waals surface area contributed by atoms with E-state index in [0.717, 1.165) is 28.4 Å². The van der Waals surface area contributed by atoms with E-state index in [4.69, 9.17) is 4.74 Å². The number of nitro benzene ring substituents is 1. The van der Waals surface area contributed by atoms with Crippen molar-refractivity contribution in [2.75, 3.05) is 33.3 Å². The summed E-state index contributed by atoms with van der Waals surface area (Å²) < 4.78 is 5.04. The van der Waals surface area contributed by atoms with Crippen LogP contribution in [0.5, 0.6) is 5.75 Å². The van der Waals surface area contributed by atoms with Gasteiger partial charge in [0.2, 0.25) is 0 Å². The first-order chi connectivity index (χ1) is 12.5. The molecule has 0 N–H and O–H groups in total. The first-order valence-corrected chi connectivity index (χ1v) is 9.19. The van der Waals surface area contributed by atoms with Crippen LogP contribution in [0.4, 0.5) is 5.69 Å². The molecule has 138 valence electrons. The Morgan fingerprint density at radius 2 is 1.96 bits per heavy atom. The molecule has 1 saturated heterocycles. The van der Waals surface area contributed by atoms with Gasteiger partial charge in [-0.05, 0) is 30.7 Å². The minimum Gasteiger partial charge on any atom is -0.490 e. The molecule has 1 amide bonds. The van der Waals surface area contributed by atoms with E-state index in [0.29, 0.717) is 19.6 Å². The highest BCUT2D eigenvalue weighted by Crippen LogP contribution is 2.28. The predicted molar refractivity (Wildman–Crippen MR) is 99.9 cm³/mol. The van der Waals surface area contributed by atoms with Crippen LogP contribution < -0.4 is 4.74 Å². The predicted octanol–water partition coefficient (Wildman–Crippen LogP) is 2.93. The molecule has 26 heavy (non-hydrogen) atoms. The van der Waals surface area contributed by atoms with Gasteiger partial charge in [0.05, 0.1) is 16.9 Å². The summed E-state index contributed by atoms with van der Waals surface area (Å²) in [5.74, 6) is 0.350. The lowest BCUT2D eigenvalue weighted by Crippen LogP contribution is -2.48. The molecule has 7 nitrogen and oxygen atoms in total. The maximum Gasteiger partial charge on any atom is 0.311 e. The number of benzene rings is 1. The van der Waals surface area contributed by atoms with Crippen LogP contribution in [0.3, 0.4) is 0 Å². The lowest BCUT2D eigenvalue weighted by Gasteiger charge is -2.34. The summed E-state index contributed by atoms with van der Waals surface area (Å²) in [7, 11) is 1.42. The fourth-order valence-electron chi connectivity index (χ4n) is 3.05. The Morgan fingerprint density at radius 1 is 1.23 bits per heavy atom. The Hall–Kier alpha value is -2.45. The molecule has 0 aliphatic carbocycles. The van der Waals surface area contributed by atoms with E-state index in [1.807, 2.05) is 30.0 Å². The molecule has 1 aliphatic heterocycles. The van der Waals surface area contributed by atoms with Crippen molar-refractivity contribution in [3.05, 3.63) is 55.8 Å². The van der Waals surface area contributed by atoms with Gasteiger partial charge < -0.3 is 9.64 Å². The van der Waals surface area contributed by atoms with E-state index in [-0.39, 0.29) is 17.3 Å². The van der Waals surface area contributed by atoms with Crippen LogP contribution in [0.2, 0.25) is 0 Å². The zero-order chi connectivity index (χ0) is 18.7. The molecule has 1 aromatic carbocycles. The second-order valence-corrected chi connectivity index (χ2v) is 7.53. The maximum atomic E-state index is 12.5. The third-order valence-corrected chi connectivity index (χ3v) is 5.45. The maximum absolute atomic E-state index is 12.5. The first-order valence-electron chi connectivity index (χ1n) is 8.37. The molecular weight excluding hydrogens is 354 g/mol. The molecular formula is C18H21N3O4S. The number of piperazine rings is 1. The SMILES string of the molecule is COc1ccc(CN2CCN(C(=O)c3ccc(C)s3)CC2)cc1[N+](=O)[O-]. The molecule has 3 rings (SSSR count). The van der Waals surface area contributed by atoms with Gasteiger partial charge in [-0.3, -0.25) is 19.8 Å². The Balaban J connectivity index is 1.60. The number of hydrogen-bond acceptors (Lipinski definition) is 6. The minimum absolute atomic E-state index is 0.0214. The van der Waals surface area contributed by atoms with Crippen molar-refractivity contribution in [3.8, 4) is 5.75 Å². The molecule has 1 aromatic heterocycles. The molecule has 8 heteroatoms. The molecule has 1 aliphatic rings. The Bertz CT molecular complexity index is 813. The number of hydrogen-bond donors (Lipinski definition) is 0. The smallest absolute Gasteiger partial charge is 0.311 e. The molecule has 0 atom stereocenters. The largest absolute Gasteiger partial charge is 0.490 e. The highest BCUT2D eigenvalue weighted by molar-refractivity contribution is 7.13. The van der Waals surface area contributed by atoms with Gasteiger partial charge in [-0.25, -0.2) is 0 Å². The van der Waals surface area contributed by atoms with Crippen LogP contribution in [0.25, 0.3) is 0 Å². The quantitative estimate of drug-likeness (QED) is 0.593. The summed E-state index contributed by atoms with van der Waals surface area (Å²) in [4.78, 5) is 29.2. The summed E-state index contributed by atoms with van der Waals surface area (Å²) in [5.41, 5.74) is 0.845. The zero-order valence-electron chi connectivity index (χ0n) is 14.8. The lowest BCUT2D eigenvalue weighted by molar-refractivity contribution is -0.385. The van der Waals surface area contributed by atoms with Gasteiger partial charge in [-0.2, -0.15) is 0 Å². The number of aryl methyl sites for hydroxylation is 1. The molecule has 0 unspecified atom stereocenters. The second-order valence-electron chi connectivity index (χ2n) is 6.24. The topological polar surface area (TPSA) is 75.9 Å². The van der Waals surface area contributed by atoms with Gasteiger partial charge in [-0.1, -0.05) is 6.07 Å². The molecule has 0 bridgehead atoms. The van der Waals surface area contributed by atoms with Crippen LogP contribution in [0, 0.1) is 17.0 Å². The van der Waals surface area contributed by atoms with Crippen molar-refractivity contribution < 1.29 is 14.5 Å². The number of nitro groups is 1. The average molecular weight is 375 g/mol. The number of amides is 1. The number of ether oxygens (including phenoxy) is 1. The second kappa shape index (κ2) is 7.84. The van der Waals surface area contributed by atoms with Crippen molar-refractivity contribution in [1.29, 1.82) is 0 Å². The number of thiophene rings is 1. The number of nitrogens with zero attached hydrogens (tertiary/aromatic N) is 3. The fraction of sp³-hybridized carbons (Fsp3) is 0.389. The average Bonchev–Trinajstić information content (AvgIpc) is 3.08. The Kier molecular flexibility index (Phi) is 5.53. The number of methoxy groups -OCH3 is 1. The number of carbonyl (C=O) groups excluding carboxylic acids is 1. The third kappa shape index (κ3) is 4.03. The van der Waals surface area contributed by atoms with E-state index < -0.39 is 4.92 Å². The van der Waals surface area contributed by atoms with Gasteiger partial charge in [-0.15, -0.1) is 11.3 Å². The van der Waals surface area contributed by atoms with Gasteiger partial charge in [0.25, 0.3) is 5.91 Å². The molecule has 2 aromatic rings. The number of rotatable bonds is 5. The Labute approximate surface area is 155 Å². The summed E-state index contributed by atoms with van der Waals surface area (Å²) in [5, 5.41) is 11.1. The first kappa shape index (κ1) is 18.3. The molecule has 2 heterocycles. The van der Waals surface area contributed by atoms with Gasteiger partial charge in [0.1, 0.15) is 0 Å². The highest BCUT2D eigenvalue weighted by atomic mass is 32.1. The van der Waals surface area contributed by atoms with Crippen molar-refractivity contribution >= 4 is 22.9 Å². The molecule has 1 fully saturated rings. The third-order valence-electron chi connectivity index (χ3n) is 4.46. The minimum atomic E-state index is -0.429. The van der Waals surface area contributed by atoms with E-state index in [2.05, 4.69) is 4.90 Å². The van der Waals surface area contributed by atoms with E-state index in [9.17, 15) is 14.9 Å². The van der Waals surface area contributed by atoms with E-state index >= 15 is 0 Å². The van der Waals surface area contributed by atoms with Crippen LogP contribution in [0.1, 0.15) is 20.1 Å². The highest BCUT2D eigenvalue weighted by Gasteiger charge is 2.24. The fourth-order valence-corrected chi connectivity index (χ4v) is 3.88. The molecule has 0 radical (unpaired) electrons. The van der Waals surface area contributed by atoms with Crippen LogP contribution in [-0.2, 0) is 6.54 Å². The van der Waals surface area contributed by atoms with Crippen molar-refractivity contribution in [3.63, 3.8) is 0 Å². The van der Waals surface area contributed by atoms with Gasteiger partial charge >= 0.3 is 5.69 Å². The van der Waals surface area contributed by atoms with Crippen molar-refractivity contribution in [2.45, 2.75) is 13.5 Å². The van der Waals surface area contributed by atoms with Crippen molar-refractivity contribution in [2.24, 2.45) is 0 Å². The lowest BCUT2D eigenvalue weighted by atomic mass is 10.1. The normalized spacial score (nSPS) is 15.1. The Morgan fingerprint density at radius 3 is 2.54 bits per heavy atom. The van der Waals surface area contributed by atoms with E-state index in [1.54, 1.807) is 12.1 Å². The van der Waals surface area contributed by atoms with Crippen LogP contribution in [0.15, 0.2) is 30.3 Å². The summed E-state index contributed by atoms with van der Waals surface area (Å²) in [6.07, 6.45) is 0. The van der Waals surface area contributed by atoms with E-state index in [1.165, 1.54) is 18.4 Å². The van der Waals surface area contributed by atoms with Crippen molar-refractivity contribution in [1.82, 2.24) is 9.80 Å². The van der Waals surface area contributed by atoms with Gasteiger partial charge in [0, 0.05) is 43.7 Å². The van der Waals surface area contributed by atoms with Crippen LogP contribution in [-0.4, -0.2) is 53.9 Å². The standard InChI is InChI=1S/C18H21N3O4S/c1-13-3-6-17(26-13)18(22)20-9-7-19(8-10-20)12-14-4-5-16(25-2)15(11-14)21(23)24/h3-6,11H,7-10,12H2,1-2H3. The monoisotopic (exact) mass is 375 g/mol. The summed E-state index contributed by atoms with van der Waals surface area (Å²) in [6.45, 7) is 5.42. The zero-order valence-corrected chi connectivity index (χ0v) is 15.6. The van der Waals surface area contributed by atoms with Crippen LogP contribution >= 0.6 is 11.3 Å². The molecule has 0 spiro atoms.